The number of carbonyl (C=O) groups excluding carboxylic acids is 2. The van der Waals surface area contributed by atoms with Crippen LogP contribution in [0.3, 0.4) is 0 Å². The van der Waals surface area contributed by atoms with Crippen LogP contribution in [-0.2, 0) is 9.59 Å². The highest BCUT2D eigenvalue weighted by atomic mass is 16.2. The number of piperazine rings is 1. The van der Waals surface area contributed by atoms with Crippen LogP contribution in [0.25, 0.3) is 0 Å². The summed E-state index contributed by atoms with van der Waals surface area (Å²) in [6.45, 7) is 11.9. The second-order valence-electron chi connectivity index (χ2n) is 9.10. The molecule has 0 aliphatic carbocycles. The molecular weight excluding hydrogens is 362 g/mol. The first-order valence-electron chi connectivity index (χ1n) is 11.3. The lowest BCUT2D eigenvalue weighted by molar-refractivity contribution is -0.137. The number of likely N-dealkylation sites (tertiary alicyclic amines) is 1. The van der Waals surface area contributed by atoms with Crippen molar-refractivity contribution >= 4 is 11.8 Å². The van der Waals surface area contributed by atoms with Crippen LogP contribution in [0.15, 0.2) is 30.3 Å². The predicted molar refractivity (Wildman–Crippen MR) is 117 cm³/mol. The Bertz CT molecular complexity index is 660. The summed E-state index contributed by atoms with van der Waals surface area (Å²) < 4.78 is 0. The van der Waals surface area contributed by atoms with Crippen molar-refractivity contribution in [3.8, 4) is 0 Å². The minimum absolute atomic E-state index is 0.0503. The Morgan fingerprint density at radius 2 is 1.59 bits per heavy atom. The molecule has 5 heteroatoms. The van der Waals surface area contributed by atoms with Gasteiger partial charge in [0.25, 0.3) is 0 Å². The maximum absolute atomic E-state index is 13.2. The third-order valence-electron chi connectivity index (χ3n) is 6.34. The largest absolute Gasteiger partial charge is 0.341 e. The van der Waals surface area contributed by atoms with Gasteiger partial charge >= 0.3 is 0 Å². The van der Waals surface area contributed by atoms with Gasteiger partial charge in [-0.05, 0) is 30.2 Å². The normalized spacial score (nSPS) is 24.4. The van der Waals surface area contributed by atoms with Crippen molar-refractivity contribution in [2.45, 2.75) is 46.0 Å². The molecule has 1 aromatic carbocycles. The molecule has 0 radical (unpaired) electrons. The average molecular weight is 400 g/mol. The van der Waals surface area contributed by atoms with Gasteiger partial charge in [-0.15, -0.1) is 0 Å². The van der Waals surface area contributed by atoms with E-state index in [1.165, 1.54) is 6.42 Å². The lowest BCUT2D eigenvalue weighted by Gasteiger charge is -2.39. The molecule has 0 spiro atoms. The molecule has 0 saturated carbocycles. The van der Waals surface area contributed by atoms with Crippen LogP contribution < -0.4 is 0 Å². The van der Waals surface area contributed by atoms with Gasteiger partial charge in [0.05, 0.1) is 12.5 Å². The molecule has 3 rings (SSSR count). The van der Waals surface area contributed by atoms with Crippen LogP contribution in [0.5, 0.6) is 0 Å². The van der Waals surface area contributed by atoms with E-state index in [1.807, 2.05) is 28.0 Å². The zero-order valence-electron chi connectivity index (χ0n) is 18.3. The fourth-order valence-electron chi connectivity index (χ4n) is 4.91. The molecule has 0 bridgehead atoms. The number of rotatable bonds is 6. The summed E-state index contributed by atoms with van der Waals surface area (Å²) >= 11 is 0. The summed E-state index contributed by atoms with van der Waals surface area (Å²) in [4.78, 5) is 32.2. The van der Waals surface area contributed by atoms with E-state index >= 15 is 0 Å². The lowest BCUT2D eigenvalue weighted by Crippen LogP contribution is -2.53. The SMILES string of the molecule is CCCC(C(=O)N1CCN(CC(=O)N2CC(C)CC(C)C2)CC1)c1ccccc1. The Labute approximate surface area is 176 Å². The molecule has 29 heavy (non-hydrogen) atoms. The molecule has 0 N–H and O–H groups in total. The third kappa shape index (κ3) is 5.81. The van der Waals surface area contributed by atoms with Gasteiger partial charge in [-0.3, -0.25) is 14.5 Å². The summed E-state index contributed by atoms with van der Waals surface area (Å²) in [5.41, 5.74) is 1.12. The van der Waals surface area contributed by atoms with Gasteiger partial charge in [-0.2, -0.15) is 0 Å². The summed E-state index contributed by atoms with van der Waals surface area (Å²) in [6.07, 6.45) is 3.09. The third-order valence-corrected chi connectivity index (χ3v) is 6.34. The molecule has 2 amide bonds. The fraction of sp³-hybridized carbons (Fsp3) is 0.667. The van der Waals surface area contributed by atoms with E-state index in [1.54, 1.807) is 0 Å². The van der Waals surface area contributed by atoms with Crippen molar-refractivity contribution in [3.63, 3.8) is 0 Å². The second kappa shape index (κ2) is 10.2. The van der Waals surface area contributed by atoms with Gasteiger partial charge in [-0.25, -0.2) is 0 Å². The van der Waals surface area contributed by atoms with Crippen molar-refractivity contribution in [2.24, 2.45) is 11.8 Å². The number of hydrogen-bond acceptors (Lipinski definition) is 3. The number of hydrogen-bond donors (Lipinski definition) is 0. The standard InChI is InChI=1S/C24H37N3O2/c1-4-8-22(21-9-6-5-7-10-21)24(29)26-13-11-25(12-14-26)18-23(28)27-16-19(2)15-20(3)17-27/h5-7,9-10,19-20,22H,4,8,11-18H2,1-3H3. The molecule has 0 aromatic heterocycles. The van der Waals surface area contributed by atoms with Crippen molar-refractivity contribution in [1.82, 2.24) is 14.7 Å². The van der Waals surface area contributed by atoms with Gasteiger partial charge in [0.1, 0.15) is 0 Å². The Morgan fingerprint density at radius 1 is 0.966 bits per heavy atom. The quantitative estimate of drug-likeness (QED) is 0.738. The average Bonchev–Trinajstić information content (AvgIpc) is 2.72. The van der Waals surface area contributed by atoms with Crippen LogP contribution in [0, 0.1) is 11.8 Å². The summed E-state index contributed by atoms with van der Waals surface area (Å²) in [7, 11) is 0. The highest BCUT2D eigenvalue weighted by molar-refractivity contribution is 5.84. The number of nitrogens with zero attached hydrogens (tertiary/aromatic N) is 3. The van der Waals surface area contributed by atoms with Crippen molar-refractivity contribution in [3.05, 3.63) is 35.9 Å². The molecule has 5 nitrogen and oxygen atoms in total. The van der Waals surface area contributed by atoms with Gasteiger partial charge in [0.15, 0.2) is 0 Å². The molecule has 2 aliphatic heterocycles. The van der Waals surface area contributed by atoms with Crippen LogP contribution in [0.4, 0.5) is 0 Å². The summed E-state index contributed by atoms with van der Waals surface area (Å²) in [6, 6.07) is 10.1. The number of amides is 2. The Morgan fingerprint density at radius 3 is 2.17 bits per heavy atom. The minimum Gasteiger partial charge on any atom is -0.341 e. The van der Waals surface area contributed by atoms with Crippen molar-refractivity contribution in [2.75, 3.05) is 45.8 Å². The van der Waals surface area contributed by atoms with E-state index in [9.17, 15) is 9.59 Å². The molecule has 2 aliphatic rings. The predicted octanol–water partition coefficient (Wildman–Crippen LogP) is 3.22. The van der Waals surface area contributed by atoms with Crippen LogP contribution in [0.1, 0.15) is 51.5 Å². The van der Waals surface area contributed by atoms with Crippen LogP contribution in [0.2, 0.25) is 0 Å². The first kappa shape index (κ1) is 21.8. The molecule has 2 saturated heterocycles. The van der Waals surface area contributed by atoms with Gasteiger partial charge < -0.3 is 9.80 Å². The molecular formula is C24H37N3O2. The number of carbonyl (C=O) groups is 2. The van der Waals surface area contributed by atoms with E-state index < -0.39 is 0 Å². The monoisotopic (exact) mass is 399 g/mol. The molecule has 1 aromatic rings. The fourth-order valence-corrected chi connectivity index (χ4v) is 4.91. The number of benzene rings is 1. The van der Waals surface area contributed by atoms with Crippen molar-refractivity contribution < 1.29 is 9.59 Å². The molecule has 3 unspecified atom stereocenters. The van der Waals surface area contributed by atoms with E-state index in [2.05, 4.69) is 37.8 Å². The first-order valence-corrected chi connectivity index (χ1v) is 11.3. The van der Waals surface area contributed by atoms with E-state index in [4.69, 9.17) is 0 Å². The topological polar surface area (TPSA) is 43.9 Å². The highest BCUT2D eigenvalue weighted by Crippen LogP contribution is 2.25. The Balaban J connectivity index is 1.51. The molecule has 2 heterocycles. The van der Waals surface area contributed by atoms with E-state index in [0.29, 0.717) is 31.5 Å². The summed E-state index contributed by atoms with van der Waals surface area (Å²) in [5, 5.41) is 0. The van der Waals surface area contributed by atoms with Crippen molar-refractivity contribution in [1.29, 1.82) is 0 Å². The first-order chi connectivity index (χ1) is 14.0. The van der Waals surface area contributed by atoms with Gasteiger partial charge in [0, 0.05) is 39.3 Å². The number of piperidine rings is 1. The van der Waals surface area contributed by atoms with Crippen LogP contribution >= 0.6 is 0 Å². The second-order valence-corrected chi connectivity index (χ2v) is 9.10. The van der Waals surface area contributed by atoms with Crippen LogP contribution in [-0.4, -0.2) is 72.3 Å². The van der Waals surface area contributed by atoms with Gasteiger partial charge in [0.2, 0.25) is 11.8 Å². The highest BCUT2D eigenvalue weighted by Gasteiger charge is 2.30. The Hall–Kier alpha value is -1.88. The lowest BCUT2D eigenvalue weighted by atomic mass is 9.92. The van der Waals surface area contributed by atoms with E-state index in [0.717, 1.165) is 44.6 Å². The minimum atomic E-state index is -0.0503. The summed E-state index contributed by atoms with van der Waals surface area (Å²) in [5.74, 6) is 1.61. The maximum atomic E-state index is 13.2. The van der Waals surface area contributed by atoms with E-state index in [-0.39, 0.29) is 17.7 Å². The molecule has 160 valence electrons. The zero-order chi connectivity index (χ0) is 20.8. The smallest absolute Gasteiger partial charge is 0.236 e. The molecule has 3 atom stereocenters. The zero-order valence-corrected chi connectivity index (χ0v) is 18.3. The van der Waals surface area contributed by atoms with Gasteiger partial charge in [-0.1, -0.05) is 57.5 Å². The maximum Gasteiger partial charge on any atom is 0.236 e. The molecule has 2 fully saturated rings. The Kier molecular flexibility index (Phi) is 7.70.